The van der Waals surface area contributed by atoms with Crippen molar-refractivity contribution >= 4 is 21.8 Å². The summed E-state index contributed by atoms with van der Waals surface area (Å²) in [5, 5.41) is 5.86. The normalized spacial score (nSPS) is 17.7. The molecule has 1 aliphatic rings. The Balaban J connectivity index is 1.88. The van der Waals surface area contributed by atoms with Crippen molar-refractivity contribution in [3.8, 4) is 0 Å². The molecule has 1 fully saturated rings. The monoisotopic (exact) mass is 556 g/mol. The first-order chi connectivity index (χ1) is 18.3. The van der Waals surface area contributed by atoms with Crippen LogP contribution in [-0.2, 0) is 26.0 Å². The summed E-state index contributed by atoms with van der Waals surface area (Å²) in [6, 6.07) is 15.3. The molecule has 0 radical (unpaired) electrons. The van der Waals surface area contributed by atoms with Gasteiger partial charge >= 0.3 is 0 Å². The highest BCUT2D eigenvalue weighted by molar-refractivity contribution is 7.89. The number of nitrogens with one attached hydrogen (secondary N) is 2. The van der Waals surface area contributed by atoms with Gasteiger partial charge in [-0.3, -0.25) is 9.59 Å². The van der Waals surface area contributed by atoms with E-state index in [9.17, 15) is 18.0 Å². The number of likely N-dealkylation sites (N-methyl/N-ethyl adjacent to an activating group) is 1. The molecule has 0 saturated carbocycles. The number of carbonyl (C=O) groups excluding carboxylic acids is 2. The van der Waals surface area contributed by atoms with Gasteiger partial charge in [-0.05, 0) is 68.8 Å². The molecule has 2 N–H and O–H groups in total. The van der Waals surface area contributed by atoms with Gasteiger partial charge in [-0.1, -0.05) is 63.2 Å². The average Bonchev–Trinajstić information content (AvgIpc) is 3.36. The minimum Gasteiger partial charge on any atom is -0.342 e. The van der Waals surface area contributed by atoms with E-state index in [4.69, 9.17) is 0 Å². The smallest absolute Gasteiger partial charge is 0.245 e. The van der Waals surface area contributed by atoms with Gasteiger partial charge in [-0.2, -0.15) is 4.31 Å². The summed E-state index contributed by atoms with van der Waals surface area (Å²) in [4.78, 5) is 28.6. The molecular formula is C30H44N4O4S. The van der Waals surface area contributed by atoms with Crippen molar-refractivity contribution in [1.29, 1.82) is 0 Å². The van der Waals surface area contributed by atoms with Crippen molar-refractivity contribution in [2.45, 2.75) is 76.9 Å². The molecule has 3 rings (SSSR count). The first-order valence-electron chi connectivity index (χ1n) is 13.7. The zero-order chi connectivity index (χ0) is 28.8. The maximum atomic E-state index is 13.9. The number of rotatable bonds is 11. The van der Waals surface area contributed by atoms with E-state index in [1.807, 2.05) is 64.1 Å². The van der Waals surface area contributed by atoms with Crippen LogP contribution in [0.4, 0.5) is 0 Å². The lowest BCUT2D eigenvalue weighted by Gasteiger charge is -2.37. The van der Waals surface area contributed by atoms with E-state index in [1.165, 1.54) is 4.31 Å². The Morgan fingerprint density at radius 3 is 2.41 bits per heavy atom. The first-order valence-corrected chi connectivity index (χ1v) is 15.2. The lowest BCUT2D eigenvalue weighted by Crippen LogP contribution is -2.59. The molecule has 214 valence electrons. The van der Waals surface area contributed by atoms with Crippen LogP contribution in [0.2, 0.25) is 0 Å². The Morgan fingerprint density at radius 1 is 1.10 bits per heavy atom. The number of likely N-dealkylation sites (tertiary alicyclic amines) is 1. The van der Waals surface area contributed by atoms with Crippen LogP contribution < -0.4 is 10.6 Å². The molecular weight excluding hydrogens is 512 g/mol. The molecule has 8 nitrogen and oxygen atoms in total. The molecule has 0 bridgehead atoms. The van der Waals surface area contributed by atoms with Gasteiger partial charge < -0.3 is 15.5 Å². The van der Waals surface area contributed by atoms with E-state index in [2.05, 4.69) is 10.6 Å². The molecule has 0 aliphatic carbocycles. The summed E-state index contributed by atoms with van der Waals surface area (Å²) in [5.41, 5.74) is 1.40. The van der Waals surface area contributed by atoms with Crippen LogP contribution in [0, 0.1) is 12.3 Å². The first kappa shape index (κ1) is 30.8. The Hall–Kier alpha value is -2.75. The lowest BCUT2D eigenvalue weighted by molar-refractivity contribution is -0.140. The number of benzene rings is 2. The van der Waals surface area contributed by atoms with Crippen LogP contribution in [0.15, 0.2) is 59.5 Å². The molecule has 2 amide bonds. The lowest BCUT2D eigenvalue weighted by atomic mass is 9.85. The Bertz CT molecular complexity index is 1230. The molecule has 2 aromatic rings. The second-order valence-electron chi connectivity index (χ2n) is 11.6. The summed E-state index contributed by atoms with van der Waals surface area (Å²) < 4.78 is 29.3. The van der Waals surface area contributed by atoms with Crippen molar-refractivity contribution < 1.29 is 18.0 Å². The molecule has 1 heterocycles. The number of aryl methyl sites for hydroxylation is 1. The maximum absolute atomic E-state index is 13.9. The third kappa shape index (κ3) is 7.90. The topological polar surface area (TPSA) is 98.8 Å². The highest BCUT2D eigenvalue weighted by Crippen LogP contribution is 2.28. The molecule has 2 aromatic carbocycles. The predicted octanol–water partition coefficient (Wildman–Crippen LogP) is 3.36. The predicted molar refractivity (Wildman–Crippen MR) is 155 cm³/mol. The van der Waals surface area contributed by atoms with Crippen molar-refractivity contribution in [3.63, 3.8) is 0 Å². The van der Waals surface area contributed by atoms with Crippen LogP contribution in [-0.4, -0.2) is 74.2 Å². The molecule has 1 aliphatic heterocycles. The Morgan fingerprint density at radius 2 is 1.79 bits per heavy atom. The fraction of sp³-hybridized carbons (Fsp3) is 0.533. The molecule has 9 heteroatoms. The molecule has 39 heavy (non-hydrogen) atoms. The van der Waals surface area contributed by atoms with Crippen molar-refractivity contribution in [2.75, 3.05) is 26.7 Å². The summed E-state index contributed by atoms with van der Waals surface area (Å²) in [6.07, 6.45) is 2.05. The van der Waals surface area contributed by atoms with Crippen LogP contribution in [0.3, 0.4) is 0 Å². The second kappa shape index (κ2) is 13.1. The van der Waals surface area contributed by atoms with Crippen LogP contribution in [0.1, 0.15) is 51.7 Å². The number of nitrogens with zero attached hydrogens (tertiary/aromatic N) is 2. The second-order valence-corrected chi connectivity index (χ2v) is 13.5. The van der Waals surface area contributed by atoms with Crippen LogP contribution >= 0.6 is 0 Å². The standard InChI is InChI=1S/C30H44N4O4S/c1-22-12-10-16-26(20-22)39(37,38)33(19-17-24-13-8-7-9-14-24)21-25-15-11-18-34(25)29(36)27(30(3,4)5)32-28(35)23(2)31-6/h7-10,12-14,16,20,23,25,27,31H,11,15,17-19,21H2,1-6H3,(H,32,35)/t23-,25-,27+/m0/s1. The van der Waals surface area contributed by atoms with Gasteiger partial charge in [0, 0.05) is 25.7 Å². The third-order valence-electron chi connectivity index (χ3n) is 7.42. The fourth-order valence-electron chi connectivity index (χ4n) is 4.90. The van der Waals surface area contributed by atoms with Gasteiger partial charge in [0.05, 0.1) is 10.9 Å². The molecule has 0 unspecified atom stereocenters. The van der Waals surface area contributed by atoms with Crippen LogP contribution in [0.25, 0.3) is 0 Å². The van der Waals surface area contributed by atoms with Crippen molar-refractivity contribution in [2.24, 2.45) is 5.41 Å². The summed E-state index contributed by atoms with van der Waals surface area (Å²) in [7, 11) is -2.09. The van der Waals surface area contributed by atoms with Gasteiger partial charge in [0.25, 0.3) is 0 Å². The molecule has 3 atom stereocenters. The van der Waals surface area contributed by atoms with E-state index in [0.717, 1.165) is 17.5 Å². The largest absolute Gasteiger partial charge is 0.342 e. The highest BCUT2D eigenvalue weighted by atomic mass is 32.2. The van der Waals surface area contributed by atoms with E-state index in [-0.39, 0.29) is 29.3 Å². The van der Waals surface area contributed by atoms with Gasteiger partial charge in [0.1, 0.15) is 6.04 Å². The van der Waals surface area contributed by atoms with Gasteiger partial charge in [0.2, 0.25) is 21.8 Å². The average molecular weight is 557 g/mol. The number of hydrogen-bond acceptors (Lipinski definition) is 5. The zero-order valence-corrected chi connectivity index (χ0v) is 24.9. The Labute approximate surface area is 234 Å². The number of hydrogen-bond donors (Lipinski definition) is 2. The quantitative estimate of drug-likeness (QED) is 0.442. The number of amides is 2. The minimum atomic E-state index is -3.80. The van der Waals surface area contributed by atoms with Crippen molar-refractivity contribution in [3.05, 3.63) is 65.7 Å². The third-order valence-corrected chi connectivity index (χ3v) is 9.28. The Kier molecular flexibility index (Phi) is 10.3. The fourth-order valence-corrected chi connectivity index (χ4v) is 6.48. The summed E-state index contributed by atoms with van der Waals surface area (Å²) in [5.74, 6) is -0.411. The molecule has 1 saturated heterocycles. The van der Waals surface area contributed by atoms with E-state index in [1.54, 1.807) is 37.1 Å². The number of carbonyl (C=O) groups is 2. The maximum Gasteiger partial charge on any atom is 0.245 e. The number of sulfonamides is 1. The minimum absolute atomic E-state index is 0.169. The summed E-state index contributed by atoms with van der Waals surface area (Å²) in [6.45, 7) is 10.5. The van der Waals surface area contributed by atoms with E-state index >= 15 is 0 Å². The SMILES string of the molecule is CN[C@@H](C)C(=O)N[C@H](C(=O)N1CCC[C@H]1CN(CCc1ccccc1)S(=O)(=O)c1cccc(C)c1)C(C)(C)C. The highest BCUT2D eigenvalue weighted by Gasteiger charge is 2.41. The van der Waals surface area contributed by atoms with E-state index in [0.29, 0.717) is 25.9 Å². The van der Waals surface area contributed by atoms with Gasteiger partial charge in [0.15, 0.2) is 0 Å². The molecule has 0 spiro atoms. The molecule has 0 aromatic heterocycles. The van der Waals surface area contributed by atoms with Gasteiger partial charge in [-0.15, -0.1) is 0 Å². The summed E-state index contributed by atoms with van der Waals surface area (Å²) >= 11 is 0. The van der Waals surface area contributed by atoms with Crippen molar-refractivity contribution in [1.82, 2.24) is 19.8 Å². The zero-order valence-electron chi connectivity index (χ0n) is 24.1. The van der Waals surface area contributed by atoms with Gasteiger partial charge in [-0.25, -0.2) is 8.42 Å². The van der Waals surface area contributed by atoms with E-state index < -0.39 is 27.5 Å². The van der Waals surface area contributed by atoms with Crippen LogP contribution in [0.5, 0.6) is 0 Å².